The van der Waals surface area contributed by atoms with Crippen molar-refractivity contribution in [2.45, 2.75) is 18.7 Å². The Balaban J connectivity index is 2.37. The van der Waals surface area contributed by atoms with E-state index in [9.17, 15) is 18.4 Å². The summed E-state index contributed by atoms with van der Waals surface area (Å²) >= 11 is 5.80. The summed E-state index contributed by atoms with van der Waals surface area (Å²) < 4.78 is 26.5. The summed E-state index contributed by atoms with van der Waals surface area (Å²) in [5.74, 6) is 0. The van der Waals surface area contributed by atoms with Crippen molar-refractivity contribution in [1.29, 1.82) is 0 Å². The number of amides is 2. The summed E-state index contributed by atoms with van der Waals surface area (Å²) in [4.78, 5) is 18.9. The van der Waals surface area contributed by atoms with Crippen LogP contribution in [0.3, 0.4) is 0 Å². The van der Waals surface area contributed by atoms with Gasteiger partial charge in [-0.1, -0.05) is 23.7 Å². The summed E-state index contributed by atoms with van der Waals surface area (Å²) in [7, 11) is -4.19. The quantitative estimate of drug-likeness (QED) is 0.789. The first kappa shape index (κ1) is 17.0. The predicted molar refractivity (Wildman–Crippen MR) is 81.6 cm³/mol. The minimum Gasteiger partial charge on any atom is -0.425 e. The van der Waals surface area contributed by atoms with Gasteiger partial charge in [0.15, 0.2) is 0 Å². The molecule has 10 heteroatoms. The zero-order valence-corrected chi connectivity index (χ0v) is 13.8. The maximum absolute atomic E-state index is 12.1. The fourth-order valence-electron chi connectivity index (χ4n) is 1.78. The van der Waals surface area contributed by atoms with Gasteiger partial charge in [0.2, 0.25) is 0 Å². The number of carbonyl (C=O) groups is 1. The van der Waals surface area contributed by atoms with Gasteiger partial charge in [0, 0.05) is 5.69 Å². The monoisotopic (exact) mass is 356 g/mol. The zero-order chi connectivity index (χ0) is 17.2. The number of nitrogens with one attached hydrogen (secondary N) is 1. The van der Waals surface area contributed by atoms with E-state index >= 15 is 0 Å². The lowest BCUT2D eigenvalue weighted by Gasteiger charge is -2.06. The number of nitrogens with zero attached hydrogens (tertiary/aromatic N) is 3. The van der Waals surface area contributed by atoms with Crippen LogP contribution in [0.15, 0.2) is 40.2 Å². The number of hydrogen-bond donors (Lipinski definition) is 2. The van der Waals surface area contributed by atoms with E-state index in [-0.39, 0.29) is 15.5 Å². The van der Waals surface area contributed by atoms with Gasteiger partial charge in [-0.3, -0.25) is 0 Å². The third kappa shape index (κ3) is 3.88. The van der Waals surface area contributed by atoms with Crippen LogP contribution in [0.2, 0.25) is 5.02 Å². The highest BCUT2D eigenvalue weighted by Crippen LogP contribution is 2.19. The number of benzene rings is 1. The first-order valence-electron chi connectivity index (χ1n) is 6.33. The van der Waals surface area contributed by atoms with Gasteiger partial charge >= 0.3 is 6.03 Å². The normalized spacial score (nSPS) is 12.2. The SMILES string of the molecule is Cc1cc(C)n(O)c(=NC(=O)NS(=O)(=O)c2ccccc2Cl)n1. The molecule has 1 aromatic heterocycles. The van der Waals surface area contributed by atoms with Gasteiger partial charge in [-0.05, 0) is 32.0 Å². The fourth-order valence-corrected chi connectivity index (χ4v) is 3.19. The van der Waals surface area contributed by atoms with Crippen molar-refractivity contribution < 1.29 is 18.4 Å². The Labute approximate surface area is 137 Å². The highest BCUT2D eigenvalue weighted by Gasteiger charge is 2.20. The second kappa shape index (κ2) is 6.39. The second-order valence-corrected chi connectivity index (χ2v) is 6.66. The highest BCUT2D eigenvalue weighted by molar-refractivity contribution is 7.90. The molecule has 0 aliphatic rings. The molecule has 0 atom stereocenters. The third-order valence-electron chi connectivity index (χ3n) is 2.77. The summed E-state index contributed by atoms with van der Waals surface area (Å²) in [5.41, 5.74) is 0.556. The molecule has 0 unspecified atom stereocenters. The van der Waals surface area contributed by atoms with Crippen LogP contribution in [0.5, 0.6) is 0 Å². The van der Waals surface area contributed by atoms with Crippen LogP contribution in [0, 0.1) is 13.8 Å². The predicted octanol–water partition coefficient (Wildman–Crippen LogP) is 1.39. The number of rotatable bonds is 2. The molecular weight excluding hydrogens is 344 g/mol. The summed E-state index contributed by atoms with van der Waals surface area (Å²) in [6, 6.07) is 6.02. The lowest BCUT2D eigenvalue weighted by molar-refractivity contribution is 0.159. The molecule has 23 heavy (non-hydrogen) atoms. The van der Waals surface area contributed by atoms with E-state index < -0.39 is 16.1 Å². The van der Waals surface area contributed by atoms with Gasteiger partial charge < -0.3 is 5.21 Å². The van der Waals surface area contributed by atoms with Crippen LogP contribution in [-0.4, -0.2) is 29.4 Å². The minimum absolute atomic E-state index is 0.0328. The minimum atomic E-state index is -4.19. The molecule has 0 aliphatic carbocycles. The number of aryl methyl sites for hydroxylation is 2. The van der Waals surface area contributed by atoms with E-state index in [2.05, 4.69) is 9.98 Å². The van der Waals surface area contributed by atoms with Gasteiger partial charge in [-0.15, -0.1) is 0 Å². The molecule has 0 saturated carbocycles. The van der Waals surface area contributed by atoms with Crippen LogP contribution < -0.4 is 10.3 Å². The summed E-state index contributed by atoms with van der Waals surface area (Å²) in [6.07, 6.45) is 0. The third-order valence-corrected chi connectivity index (χ3v) is 4.59. The number of sulfonamides is 1. The van der Waals surface area contributed by atoms with Gasteiger partial charge in [0.1, 0.15) is 4.90 Å². The maximum atomic E-state index is 12.1. The lowest BCUT2D eigenvalue weighted by atomic mass is 10.4. The van der Waals surface area contributed by atoms with Crippen molar-refractivity contribution in [1.82, 2.24) is 14.4 Å². The topological polar surface area (TPSA) is 114 Å². The van der Waals surface area contributed by atoms with Crippen LogP contribution in [-0.2, 0) is 10.0 Å². The van der Waals surface area contributed by atoms with Crippen molar-refractivity contribution in [3.63, 3.8) is 0 Å². The van der Waals surface area contributed by atoms with E-state index in [1.807, 2.05) is 0 Å². The van der Waals surface area contributed by atoms with Gasteiger partial charge in [0.25, 0.3) is 15.6 Å². The Morgan fingerprint density at radius 2 is 2.00 bits per heavy atom. The number of hydrogen-bond acceptors (Lipinski definition) is 5. The second-order valence-electron chi connectivity index (χ2n) is 4.60. The van der Waals surface area contributed by atoms with E-state index in [1.54, 1.807) is 30.7 Å². The first-order chi connectivity index (χ1) is 10.7. The molecule has 2 aromatic rings. The number of halogens is 1. The van der Waals surface area contributed by atoms with Gasteiger partial charge in [-0.25, -0.2) is 22.9 Å². The number of carbonyl (C=O) groups excluding carboxylic acids is 1. The average Bonchev–Trinajstić information content (AvgIpc) is 2.43. The zero-order valence-electron chi connectivity index (χ0n) is 12.2. The Morgan fingerprint density at radius 3 is 2.65 bits per heavy atom. The smallest absolute Gasteiger partial charge is 0.358 e. The average molecular weight is 357 g/mol. The molecule has 1 aromatic carbocycles. The Kier molecular flexibility index (Phi) is 4.71. The maximum Gasteiger partial charge on any atom is 0.358 e. The van der Waals surface area contributed by atoms with Crippen molar-refractivity contribution in [3.05, 3.63) is 52.4 Å². The Morgan fingerprint density at radius 1 is 1.35 bits per heavy atom. The van der Waals surface area contributed by atoms with Crippen molar-refractivity contribution in [2.75, 3.05) is 0 Å². The standard InChI is InChI=1S/C13H13ClN4O4S/c1-8-7-9(2)18(20)12(15-8)16-13(19)17-23(21,22)11-6-4-3-5-10(11)14/h3-7,20H,1-2H3,(H,17,19). The van der Waals surface area contributed by atoms with Gasteiger partial charge in [0.05, 0.1) is 10.7 Å². The Bertz CT molecular complexity index is 937. The molecule has 0 saturated heterocycles. The molecule has 0 fully saturated rings. The molecule has 2 amide bonds. The largest absolute Gasteiger partial charge is 0.425 e. The molecular formula is C13H13ClN4O4S. The highest BCUT2D eigenvalue weighted by atomic mass is 35.5. The number of aromatic nitrogens is 2. The fraction of sp³-hybridized carbons (Fsp3) is 0.154. The first-order valence-corrected chi connectivity index (χ1v) is 8.19. The molecule has 2 rings (SSSR count). The van der Waals surface area contributed by atoms with Crippen LogP contribution >= 0.6 is 11.6 Å². The molecule has 0 spiro atoms. The molecule has 122 valence electrons. The summed E-state index contributed by atoms with van der Waals surface area (Å²) in [6.45, 7) is 3.22. The molecule has 0 bridgehead atoms. The van der Waals surface area contributed by atoms with Crippen LogP contribution in [0.1, 0.15) is 11.4 Å². The van der Waals surface area contributed by atoms with E-state index in [0.29, 0.717) is 16.1 Å². The van der Waals surface area contributed by atoms with E-state index in [1.165, 1.54) is 18.2 Å². The summed E-state index contributed by atoms with van der Waals surface area (Å²) in [5, 5.41) is 9.71. The molecule has 0 aliphatic heterocycles. The van der Waals surface area contributed by atoms with Gasteiger partial charge in [-0.2, -0.15) is 9.72 Å². The van der Waals surface area contributed by atoms with E-state index in [0.717, 1.165) is 0 Å². The lowest BCUT2D eigenvalue weighted by Crippen LogP contribution is -2.33. The number of urea groups is 1. The van der Waals surface area contributed by atoms with Crippen molar-refractivity contribution >= 4 is 27.7 Å². The molecule has 1 heterocycles. The van der Waals surface area contributed by atoms with Crippen molar-refractivity contribution in [3.8, 4) is 0 Å². The Hall–Kier alpha value is -2.39. The molecule has 0 radical (unpaired) electrons. The van der Waals surface area contributed by atoms with Crippen LogP contribution in [0.25, 0.3) is 0 Å². The molecule has 8 nitrogen and oxygen atoms in total. The van der Waals surface area contributed by atoms with E-state index in [4.69, 9.17) is 11.6 Å². The molecule has 2 N–H and O–H groups in total. The van der Waals surface area contributed by atoms with Crippen LogP contribution in [0.4, 0.5) is 4.79 Å². The van der Waals surface area contributed by atoms with Crippen molar-refractivity contribution in [2.24, 2.45) is 4.99 Å².